The summed E-state index contributed by atoms with van der Waals surface area (Å²) in [4.78, 5) is 4.12. The minimum Gasteiger partial charge on any atom is -0.394 e. The first-order valence-corrected chi connectivity index (χ1v) is 5.04. The smallest absolute Gasteiger partial charge is 0.144 e. The first-order chi connectivity index (χ1) is 7.29. The van der Waals surface area contributed by atoms with Crippen LogP contribution in [0.4, 0.5) is 5.82 Å². The average Bonchev–Trinajstić information content (AvgIpc) is 2.24. The van der Waals surface area contributed by atoms with Crippen molar-refractivity contribution >= 4 is 5.82 Å². The standard InChI is InChI=1S/C11H13N3O/c12-7-9-3-1-6-13-10(9)14-11(8-15)4-2-5-11/h1,3,6,15H,2,4-5,8H2,(H,13,14). The van der Waals surface area contributed by atoms with Crippen LogP contribution in [0.5, 0.6) is 0 Å². The van der Waals surface area contributed by atoms with Crippen LogP contribution in [-0.2, 0) is 0 Å². The largest absolute Gasteiger partial charge is 0.394 e. The van der Waals surface area contributed by atoms with E-state index in [0.717, 1.165) is 19.3 Å². The van der Waals surface area contributed by atoms with Gasteiger partial charge in [-0.2, -0.15) is 5.26 Å². The van der Waals surface area contributed by atoms with Gasteiger partial charge in [-0.25, -0.2) is 4.98 Å². The van der Waals surface area contributed by atoms with Gasteiger partial charge in [0.1, 0.15) is 11.9 Å². The Bertz CT molecular complexity index is 388. The molecule has 0 saturated heterocycles. The first-order valence-electron chi connectivity index (χ1n) is 5.04. The van der Waals surface area contributed by atoms with Crippen molar-refractivity contribution in [3.63, 3.8) is 0 Å². The zero-order valence-electron chi connectivity index (χ0n) is 8.40. The van der Waals surface area contributed by atoms with Gasteiger partial charge in [0.15, 0.2) is 0 Å². The molecular formula is C11H13N3O. The van der Waals surface area contributed by atoms with Crippen molar-refractivity contribution in [2.45, 2.75) is 24.8 Å². The molecule has 0 amide bonds. The fraction of sp³-hybridized carbons (Fsp3) is 0.455. The second-order valence-corrected chi connectivity index (χ2v) is 3.93. The summed E-state index contributed by atoms with van der Waals surface area (Å²) in [6.07, 6.45) is 4.63. The van der Waals surface area contributed by atoms with E-state index in [4.69, 9.17) is 5.26 Å². The molecule has 4 heteroatoms. The van der Waals surface area contributed by atoms with E-state index in [9.17, 15) is 5.11 Å². The third-order valence-corrected chi connectivity index (χ3v) is 2.93. The Morgan fingerprint density at radius 3 is 2.93 bits per heavy atom. The van der Waals surface area contributed by atoms with Crippen LogP contribution in [0.15, 0.2) is 18.3 Å². The number of nitriles is 1. The van der Waals surface area contributed by atoms with Gasteiger partial charge in [-0.05, 0) is 31.4 Å². The van der Waals surface area contributed by atoms with Gasteiger partial charge in [0.2, 0.25) is 0 Å². The van der Waals surface area contributed by atoms with Crippen LogP contribution in [0.25, 0.3) is 0 Å². The van der Waals surface area contributed by atoms with E-state index in [1.807, 2.05) is 0 Å². The van der Waals surface area contributed by atoms with E-state index >= 15 is 0 Å². The van der Waals surface area contributed by atoms with Crippen molar-refractivity contribution < 1.29 is 5.11 Å². The molecule has 1 saturated carbocycles. The predicted molar refractivity (Wildman–Crippen MR) is 56.2 cm³/mol. The van der Waals surface area contributed by atoms with Crippen LogP contribution >= 0.6 is 0 Å². The molecule has 0 radical (unpaired) electrons. The highest BCUT2D eigenvalue weighted by Gasteiger charge is 2.36. The number of aliphatic hydroxyl groups excluding tert-OH is 1. The van der Waals surface area contributed by atoms with E-state index in [0.29, 0.717) is 11.4 Å². The number of aromatic nitrogens is 1. The van der Waals surface area contributed by atoms with Crippen LogP contribution in [-0.4, -0.2) is 22.2 Å². The number of aliphatic hydroxyl groups is 1. The summed E-state index contributed by atoms with van der Waals surface area (Å²) in [6.45, 7) is 0.0917. The number of anilines is 1. The van der Waals surface area contributed by atoms with E-state index in [1.165, 1.54) is 0 Å². The molecule has 0 spiro atoms. The summed E-state index contributed by atoms with van der Waals surface area (Å²) in [7, 11) is 0. The van der Waals surface area contributed by atoms with Gasteiger partial charge in [0.05, 0.1) is 17.7 Å². The van der Waals surface area contributed by atoms with Crippen LogP contribution < -0.4 is 5.32 Å². The maximum absolute atomic E-state index is 9.29. The van der Waals surface area contributed by atoms with Crippen LogP contribution in [0.2, 0.25) is 0 Å². The molecule has 2 N–H and O–H groups in total. The number of pyridine rings is 1. The quantitative estimate of drug-likeness (QED) is 0.776. The fourth-order valence-electron chi connectivity index (χ4n) is 1.77. The monoisotopic (exact) mass is 203 g/mol. The Kier molecular flexibility index (Phi) is 2.57. The lowest BCUT2D eigenvalue weighted by Gasteiger charge is -2.41. The zero-order valence-corrected chi connectivity index (χ0v) is 8.40. The number of nitrogens with zero attached hydrogens (tertiary/aromatic N) is 2. The molecule has 4 nitrogen and oxygen atoms in total. The molecule has 1 fully saturated rings. The molecule has 1 aromatic rings. The van der Waals surface area contributed by atoms with Gasteiger partial charge in [-0.3, -0.25) is 0 Å². The topological polar surface area (TPSA) is 68.9 Å². The van der Waals surface area contributed by atoms with E-state index in [2.05, 4.69) is 16.4 Å². The highest BCUT2D eigenvalue weighted by Crippen LogP contribution is 2.34. The second-order valence-electron chi connectivity index (χ2n) is 3.93. The summed E-state index contributed by atoms with van der Waals surface area (Å²) < 4.78 is 0. The van der Waals surface area contributed by atoms with Gasteiger partial charge in [0, 0.05) is 6.20 Å². The highest BCUT2D eigenvalue weighted by atomic mass is 16.3. The average molecular weight is 203 g/mol. The van der Waals surface area contributed by atoms with Crippen molar-refractivity contribution in [2.75, 3.05) is 11.9 Å². The minimum atomic E-state index is -0.250. The third kappa shape index (κ3) is 1.79. The molecule has 1 aliphatic rings. The molecule has 0 unspecified atom stereocenters. The van der Waals surface area contributed by atoms with Crippen molar-refractivity contribution in [3.8, 4) is 6.07 Å². The molecule has 1 heterocycles. The Balaban J connectivity index is 2.20. The van der Waals surface area contributed by atoms with Crippen molar-refractivity contribution in [1.29, 1.82) is 5.26 Å². The third-order valence-electron chi connectivity index (χ3n) is 2.93. The van der Waals surface area contributed by atoms with E-state index < -0.39 is 0 Å². The Hall–Kier alpha value is -1.60. The van der Waals surface area contributed by atoms with Crippen molar-refractivity contribution in [1.82, 2.24) is 4.98 Å². The molecule has 2 rings (SSSR count). The van der Waals surface area contributed by atoms with Gasteiger partial charge in [0.25, 0.3) is 0 Å². The Morgan fingerprint density at radius 2 is 2.40 bits per heavy atom. The first kappa shape index (κ1) is 9.94. The highest BCUT2D eigenvalue weighted by molar-refractivity contribution is 5.53. The van der Waals surface area contributed by atoms with Gasteiger partial charge in [-0.15, -0.1) is 0 Å². The maximum atomic E-state index is 9.29. The molecule has 0 atom stereocenters. The van der Waals surface area contributed by atoms with E-state index in [-0.39, 0.29) is 12.1 Å². The number of hydrogen-bond donors (Lipinski definition) is 2. The normalized spacial score (nSPS) is 17.6. The van der Waals surface area contributed by atoms with Crippen LogP contribution in [0, 0.1) is 11.3 Å². The van der Waals surface area contributed by atoms with Crippen molar-refractivity contribution in [3.05, 3.63) is 23.9 Å². The molecule has 0 bridgehead atoms. The lowest BCUT2D eigenvalue weighted by atomic mass is 9.77. The maximum Gasteiger partial charge on any atom is 0.144 e. The second kappa shape index (κ2) is 3.87. The zero-order chi connectivity index (χ0) is 10.7. The minimum absolute atomic E-state index is 0.0917. The van der Waals surface area contributed by atoms with Gasteiger partial charge < -0.3 is 10.4 Å². The number of hydrogen-bond acceptors (Lipinski definition) is 4. The molecule has 1 aromatic heterocycles. The molecular weight excluding hydrogens is 190 g/mol. The van der Waals surface area contributed by atoms with Gasteiger partial charge in [-0.1, -0.05) is 0 Å². The predicted octanol–water partition coefficient (Wildman–Crippen LogP) is 1.28. The van der Waals surface area contributed by atoms with Crippen LogP contribution in [0.1, 0.15) is 24.8 Å². The Morgan fingerprint density at radius 1 is 1.60 bits per heavy atom. The summed E-state index contributed by atoms with van der Waals surface area (Å²) in [5.41, 5.74) is 0.275. The number of nitrogens with one attached hydrogen (secondary N) is 1. The Labute approximate surface area is 88.6 Å². The molecule has 0 aromatic carbocycles. The SMILES string of the molecule is N#Cc1cccnc1NC1(CO)CCC1. The molecule has 1 aliphatic carbocycles. The van der Waals surface area contributed by atoms with Crippen molar-refractivity contribution in [2.24, 2.45) is 0 Å². The fourth-order valence-corrected chi connectivity index (χ4v) is 1.77. The lowest BCUT2D eigenvalue weighted by Crippen LogP contribution is -2.48. The summed E-state index contributed by atoms with van der Waals surface area (Å²) in [6, 6.07) is 5.54. The van der Waals surface area contributed by atoms with E-state index in [1.54, 1.807) is 18.3 Å². The molecule has 0 aliphatic heterocycles. The molecule has 78 valence electrons. The lowest BCUT2D eigenvalue weighted by molar-refractivity contribution is 0.144. The summed E-state index contributed by atoms with van der Waals surface area (Å²) in [5.74, 6) is 0.578. The number of rotatable bonds is 3. The molecule has 15 heavy (non-hydrogen) atoms. The van der Waals surface area contributed by atoms with Crippen LogP contribution in [0.3, 0.4) is 0 Å². The van der Waals surface area contributed by atoms with Gasteiger partial charge >= 0.3 is 0 Å². The summed E-state index contributed by atoms with van der Waals surface area (Å²) >= 11 is 0. The summed E-state index contributed by atoms with van der Waals surface area (Å²) in [5, 5.41) is 21.4.